The summed E-state index contributed by atoms with van der Waals surface area (Å²) in [7, 11) is 1.23. The van der Waals surface area contributed by atoms with Crippen molar-refractivity contribution >= 4 is 23.6 Å². The number of rotatable bonds is 7. The Balaban J connectivity index is 1.70. The van der Waals surface area contributed by atoms with E-state index in [-0.39, 0.29) is 31.1 Å². The molecule has 2 amide bonds. The van der Waals surface area contributed by atoms with Gasteiger partial charge in [0, 0.05) is 37.4 Å². The van der Waals surface area contributed by atoms with Crippen molar-refractivity contribution in [3.8, 4) is 0 Å². The summed E-state index contributed by atoms with van der Waals surface area (Å²) in [6, 6.07) is 13.9. The Morgan fingerprint density at radius 1 is 1.06 bits per heavy atom. The van der Waals surface area contributed by atoms with E-state index in [1.165, 1.54) is 18.9 Å². The van der Waals surface area contributed by atoms with E-state index in [9.17, 15) is 24.3 Å². The lowest BCUT2D eigenvalue weighted by molar-refractivity contribution is -0.146. The average Bonchev–Trinajstić information content (AvgIpc) is 3.21. The summed E-state index contributed by atoms with van der Waals surface area (Å²) in [4.78, 5) is 50.7. The fraction of sp³-hybridized carbons (Fsp3) is 0.333. The van der Waals surface area contributed by atoms with Crippen LogP contribution in [0.5, 0.6) is 0 Å². The van der Waals surface area contributed by atoms with E-state index in [4.69, 9.17) is 4.74 Å². The van der Waals surface area contributed by atoms with Crippen LogP contribution in [0.15, 0.2) is 54.6 Å². The van der Waals surface area contributed by atoms with E-state index in [0.717, 1.165) is 5.56 Å². The Morgan fingerprint density at radius 3 is 2.28 bits per heavy atom. The summed E-state index contributed by atoms with van der Waals surface area (Å²) in [6.45, 7) is 1.40. The molecule has 8 heteroatoms. The van der Waals surface area contributed by atoms with Crippen LogP contribution < -0.4 is 5.32 Å². The molecule has 3 rings (SSSR count). The van der Waals surface area contributed by atoms with Crippen LogP contribution in [-0.4, -0.2) is 65.4 Å². The van der Waals surface area contributed by atoms with Crippen molar-refractivity contribution in [2.75, 3.05) is 13.7 Å². The normalized spacial score (nSPS) is 18.7. The van der Waals surface area contributed by atoms with Crippen molar-refractivity contribution in [3.63, 3.8) is 0 Å². The van der Waals surface area contributed by atoms with E-state index in [1.54, 1.807) is 48.5 Å². The number of methoxy groups -OCH3 is 1. The lowest BCUT2D eigenvalue weighted by Crippen LogP contribution is -2.51. The van der Waals surface area contributed by atoms with Gasteiger partial charge in [0.1, 0.15) is 12.1 Å². The minimum absolute atomic E-state index is 0.0766. The fourth-order valence-corrected chi connectivity index (χ4v) is 3.80. The van der Waals surface area contributed by atoms with Gasteiger partial charge in [0.15, 0.2) is 5.78 Å². The van der Waals surface area contributed by atoms with Crippen molar-refractivity contribution < 1.29 is 29.0 Å². The van der Waals surface area contributed by atoms with Gasteiger partial charge in [-0.25, -0.2) is 4.79 Å². The molecule has 1 aliphatic rings. The number of nitrogens with zero attached hydrogens (tertiary/aromatic N) is 1. The highest BCUT2D eigenvalue weighted by atomic mass is 16.5. The molecule has 0 aromatic heterocycles. The number of likely N-dealkylation sites (tertiary alicyclic amines) is 1. The van der Waals surface area contributed by atoms with Gasteiger partial charge in [-0.15, -0.1) is 0 Å². The second kappa shape index (κ2) is 10.2. The minimum Gasteiger partial charge on any atom is -0.467 e. The molecule has 3 atom stereocenters. The van der Waals surface area contributed by atoms with E-state index >= 15 is 0 Å². The maximum Gasteiger partial charge on any atom is 0.328 e. The van der Waals surface area contributed by atoms with Crippen LogP contribution in [0.2, 0.25) is 0 Å². The largest absolute Gasteiger partial charge is 0.467 e. The van der Waals surface area contributed by atoms with Crippen LogP contribution in [0.1, 0.15) is 34.8 Å². The number of hydrogen-bond acceptors (Lipinski definition) is 6. The number of esters is 1. The Morgan fingerprint density at radius 2 is 1.69 bits per heavy atom. The lowest BCUT2D eigenvalue weighted by Gasteiger charge is -2.24. The Kier molecular flexibility index (Phi) is 7.37. The standard InChI is InChI=1S/C24H26N2O6/c1-15(27)26-14-19(28)13-21(26)23(30)25-20(24(31)32-2)12-16-8-10-18(11-9-16)22(29)17-6-4-3-5-7-17/h3-11,19-21,28H,12-14H2,1-2H3,(H,25,30)/t19-,20+,21+/m1/s1. The summed E-state index contributed by atoms with van der Waals surface area (Å²) >= 11 is 0. The highest BCUT2D eigenvalue weighted by Crippen LogP contribution is 2.19. The van der Waals surface area contributed by atoms with Gasteiger partial charge in [0.25, 0.3) is 0 Å². The molecule has 0 unspecified atom stereocenters. The topological polar surface area (TPSA) is 113 Å². The van der Waals surface area contributed by atoms with Gasteiger partial charge in [-0.3, -0.25) is 14.4 Å². The molecule has 0 radical (unpaired) electrons. The number of aliphatic hydroxyl groups excluding tert-OH is 1. The molecule has 1 heterocycles. The molecule has 2 aromatic carbocycles. The summed E-state index contributed by atoms with van der Waals surface area (Å²) in [5.74, 6) is -1.59. The summed E-state index contributed by atoms with van der Waals surface area (Å²) < 4.78 is 4.83. The fourth-order valence-electron chi connectivity index (χ4n) is 3.80. The Hall–Kier alpha value is -3.52. The summed E-state index contributed by atoms with van der Waals surface area (Å²) in [5, 5.41) is 12.5. The second-order valence-corrected chi connectivity index (χ2v) is 7.76. The van der Waals surface area contributed by atoms with Gasteiger partial charge in [0.05, 0.1) is 13.2 Å². The predicted molar refractivity (Wildman–Crippen MR) is 116 cm³/mol. The van der Waals surface area contributed by atoms with Gasteiger partial charge in [0.2, 0.25) is 11.8 Å². The number of carbonyl (C=O) groups is 4. The highest BCUT2D eigenvalue weighted by Gasteiger charge is 2.38. The van der Waals surface area contributed by atoms with Gasteiger partial charge in [-0.2, -0.15) is 0 Å². The van der Waals surface area contributed by atoms with Gasteiger partial charge in [-0.05, 0) is 5.56 Å². The highest BCUT2D eigenvalue weighted by molar-refractivity contribution is 6.08. The van der Waals surface area contributed by atoms with E-state index in [0.29, 0.717) is 11.1 Å². The number of ketones is 1. The number of carbonyl (C=O) groups excluding carboxylic acids is 4. The molecule has 8 nitrogen and oxygen atoms in total. The molecule has 1 aliphatic heterocycles. The molecule has 2 N–H and O–H groups in total. The molecule has 168 valence electrons. The zero-order valence-electron chi connectivity index (χ0n) is 18.0. The van der Waals surface area contributed by atoms with Crippen molar-refractivity contribution in [1.82, 2.24) is 10.2 Å². The maximum absolute atomic E-state index is 12.8. The van der Waals surface area contributed by atoms with Crippen LogP contribution >= 0.6 is 0 Å². The predicted octanol–water partition coefficient (Wildman–Crippen LogP) is 1.10. The van der Waals surface area contributed by atoms with Crippen molar-refractivity contribution in [1.29, 1.82) is 0 Å². The SMILES string of the molecule is COC(=O)[C@H](Cc1ccc(C(=O)c2ccccc2)cc1)NC(=O)[C@@H]1C[C@@H](O)CN1C(C)=O. The first-order chi connectivity index (χ1) is 15.3. The molecular weight excluding hydrogens is 412 g/mol. The Bertz CT molecular complexity index is 989. The number of hydrogen-bond donors (Lipinski definition) is 2. The average molecular weight is 438 g/mol. The molecule has 1 saturated heterocycles. The molecule has 0 bridgehead atoms. The number of ether oxygens (including phenoxy) is 1. The smallest absolute Gasteiger partial charge is 0.328 e. The molecule has 0 saturated carbocycles. The quantitative estimate of drug-likeness (QED) is 0.495. The van der Waals surface area contributed by atoms with Crippen LogP contribution in [0.4, 0.5) is 0 Å². The minimum atomic E-state index is -0.977. The summed E-state index contributed by atoms with van der Waals surface area (Å²) in [5.41, 5.74) is 1.81. The first kappa shape index (κ1) is 23.1. The monoisotopic (exact) mass is 438 g/mol. The Labute approximate surface area is 186 Å². The number of β-amino-alcohol motifs (C(OH)–C–C–N with tert-alkyl or cyclic N) is 1. The van der Waals surface area contributed by atoms with Crippen molar-refractivity contribution in [2.45, 2.75) is 38.0 Å². The third-order valence-corrected chi connectivity index (χ3v) is 5.48. The molecule has 32 heavy (non-hydrogen) atoms. The van der Waals surface area contributed by atoms with E-state index in [2.05, 4.69) is 5.32 Å². The number of nitrogens with one attached hydrogen (secondary N) is 1. The number of benzene rings is 2. The van der Waals surface area contributed by atoms with E-state index in [1.807, 2.05) is 6.07 Å². The maximum atomic E-state index is 12.8. The van der Waals surface area contributed by atoms with E-state index < -0.39 is 30.1 Å². The van der Waals surface area contributed by atoms with Crippen LogP contribution in [-0.2, 0) is 25.5 Å². The van der Waals surface area contributed by atoms with Crippen LogP contribution in [0, 0.1) is 0 Å². The molecule has 1 fully saturated rings. The van der Waals surface area contributed by atoms with Crippen molar-refractivity contribution in [3.05, 3.63) is 71.3 Å². The third kappa shape index (κ3) is 5.39. The molecule has 0 spiro atoms. The molecule has 2 aromatic rings. The first-order valence-corrected chi connectivity index (χ1v) is 10.3. The second-order valence-electron chi connectivity index (χ2n) is 7.76. The summed E-state index contributed by atoms with van der Waals surface area (Å²) in [6.07, 6.45) is -0.538. The molecular formula is C24H26N2O6. The van der Waals surface area contributed by atoms with Gasteiger partial charge in [-0.1, -0.05) is 54.6 Å². The van der Waals surface area contributed by atoms with Crippen molar-refractivity contribution in [2.24, 2.45) is 0 Å². The third-order valence-electron chi connectivity index (χ3n) is 5.48. The van der Waals surface area contributed by atoms with Crippen LogP contribution in [0.3, 0.4) is 0 Å². The zero-order valence-corrected chi connectivity index (χ0v) is 18.0. The molecule has 0 aliphatic carbocycles. The van der Waals surface area contributed by atoms with Gasteiger partial charge >= 0.3 is 5.97 Å². The van der Waals surface area contributed by atoms with Gasteiger partial charge < -0.3 is 20.1 Å². The lowest BCUT2D eigenvalue weighted by atomic mass is 9.99. The number of amides is 2. The first-order valence-electron chi connectivity index (χ1n) is 10.3. The van der Waals surface area contributed by atoms with Crippen LogP contribution in [0.25, 0.3) is 0 Å². The zero-order chi connectivity index (χ0) is 23.3. The number of aliphatic hydroxyl groups is 1.